The lowest BCUT2D eigenvalue weighted by atomic mass is 9.74. The third-order valence-corrected chi connectivity index (χ3v) is 8.22. The molecule has 0 bridgehead atoms. The zero-order chi connectivity index (χ0) is 23.6. The summed E-state index contributed by atoms with van der Waals surface area (Å²) in [6.45, 7) is 12.1. The number of carbonyl (C=O) groups is 2. The molecular formula is C28H41N3O2. The van der Waals surface area contributed by atoms with Gasteiger partial charge < -0.3 is 15.1 Å². The molecule has 2 aliphatic heterocycles. The highest BCUT2D eigenvalue weighted by atomic mass is 16.2. The van der Waals surface area contributed by atoms with Crippen molar-refractivity contribution < 1.29 is 9.59 Å². The van der Waals surface area contributed by atoms with Crippen molar-refractivity contribution in [2.45, 2.75) is 83.7 Å². The number of allylic oxidation sites excluding steroid dienone is 1. The first-order valence-corrected chi connectivity index (χ1v) is 13.0. The van der Waals surface area contributed by atoms with Crippen LogP contribution in [0.4, 0.5) is 0 Å². The SMILES string of the molecule is CCC(CC)NC(=O)C1=CC2(CCN(C3CCN(C(=O)C(C)C)CC3)CC2)c2ccccc21. The van der Waals surface area contributed by atoms with E-state index in [1.165, 1.54) is 5.56 Å². The van der Waals surface area contributed by atoms with E-state index in [2.05, 4.69) is 54.4 Å². The van der Waals surface area contributed by atoms with Gasteiger partial charge in [-0.05, 0) is 62.7 Å². The van der Waals surface area contributed by atoms with Crippen molar-refractivity contribution in [2.24, 2.45) is 5.92 Å². The Labute approximate surface area is 199 Å². The van der Waals surface area contributed by atoms with Crippen LogP contribution in [0.2, 0.25) is 0 Å². The second-order valence-electron chi connectivity index (χ2n) is 10.5. The normalized spacial score (nSPS) is 20.9. The van der Waals surface area contributed by atoms with Crippen LogP contribution in [0, 0.1) is 5.92 Å². The Morgan fingerprint density at radius 2 is 1.67 bits per heavy atom. The molecule has 4 rings (SSSR count). The average Bonchev–Trinajstić information content (AvgIpc) is 3.16. The van der Waals surface area contributed by atoms with Crippen LogP contribution in [0.15, 0.2) is 30.3 Å². The summed E-state index contributed by atoms with van der Waals surface area (Å²) >= 11 is 0. The van der Waals surface area contributed by atoms with Crippen LogP contribution in [0.1, 0.15) is 77.3 Å². The summed E-state index contributed by atoms with van der Waals surface area (Å²) in [5, 5.41) is 3.25. The zero-order valence-electron chi connectivity index (χ0n) is 20.9. The minimum atomic E-state index is -0.0258. The van der Waals surface area contributed by atoms with E-state index in [0.29, 0.717) is 6.04 Å². The largest absolute Gasteiger partial charge is 0.349 e. The fraction of sp³-hybridized carbons (Fsp3) is 0.643. The number of hydrogen-bond donors (Lipinski definition) is 1. The summed E-state index contributed by atoms with van der Waals surface area (Å²) in [4.78, 5) is 30.2. The molecule has 3 aliphatic rings. The van der Waals surface area contributed by atoms with Gasteiger partial charge in [0.25, 0.3) is 5.91 Å². The van der Waals surface area contributed by atoms with Gasteiger partial charge in [-0.25, -0.2) is 0 Å². The van der Waals surface area contributed by atoms with Crippen molar-refractivity contribution >= 4 is 17.4 Å². The summed E-state index contributed by atoms with van der Waals surface area (Å²) in [5.74, 6) is 0.456. The second-order valence-corrected chi connectivity index (χ2v) is 10.5. The van der Waals surface area contributed by atoms with Crippen molar-refractivity contribution in [2.75, 3.05) is 26.2 Å². The highest BCUT2D eigenvalue weighted by Crippen LogP contribution is 2.47. The lowest BCUT2D eigenvalue weighted by molar-refractivity contribution is -0.136. The monoisotopic (exact) mass is 451 g/mol. The van der Waals surface area contributed by atoms with Crippen molar-refractivity contribution in [3.8, 4) is 0 Å². The molecule has 33 heavy (non-hydrogen) atoms. The lowest BCUT2D eigenvalue weighted by Crippen LogP contribution is -2.51. The van der Waals surface area contributed by atoms with Gasteiger partial charge >= 0.3 is 0 Å². The smallest absolute Gasteiger partial charge is 0.251 e. The predicted molar refractivity (Wildman–Crippen MR) is 134 cm³/mol. The third-order valence-electron chi connectivity index (χ3n) is 8.22. The standard InChI is InChI=1S/C28H41N3O2/c1-5-21(6-2)29-26(32)24-19-28(25-10-8-7-9-23(24)25)13-17-30(18-14-28)22-11-15-31(16-12-22)27(33)20(3)4/h7-10,19-22H,5-6,11-18H2,1-4H3,(H,29,32). The molecule has 0 aromatic heterocycles. The zero-order valence-corrected chi connectivity index (χ0v) is 20.9. The molecule has 2 saturated heterocycles. The Kier molecular flexibility index (Phi) is 7.28. The maximum Gasteiger partial charge on any atom is 0.251 e. The molecule has 0 atom stereocenters. The first-order chi connectivity index (χ1) is 15.9. The summed E-state index contributed by atoms with van der Waals surface area (Å²) in [7, 11) is 0. The number of piperidine rings is 2. The second kappa shape index (κ2) is 10.0. The molecule has 0 saturated carbocycles. The summed E-state index contributed by atoms with van der Waals surface area (Å²) in [5.41, 5.74) is 3.29. The number of amides is 2. The first kappa shape index (κ1) is 24.0. The van der Waals surface area contributed by atoms with Crippen LogP contribution in [0.3, 0.4) is 0 Å². The summed E-state index contributed by atoms with van der Waals surface area (Å²) in [6.07, 6.45) is 8.45. The number of likely N-dealkylation sites (tertiary alicyclic amines) is 2. The Morgan fingerprint density at radius 3 is 2.27 bits per heavy atom. The quantitative estimate of drug-likeness (QED) is 0.699. The molecule has 2 fully saturated rings. The van der Waals surface area contributed by atoms with Gasteiger partial charge in [-0.1, -0.05) is 58.0 Å². The van der Waals surface area contributed by atoms with E-state index in [4.69, 9.17) is 0 Å². The van der Waals surface area contributed by atoms with Crippen LogP contribution in [0.5, 0.6) is 0 Å². The highest BCUT2D eigenvalue weighted by molar-refractivity contribution is 6.21. The van der Waals surface area contributed by atoms with E-state index >= 15 is 0 Å². The molecule has 1 N–H and O–H groups in total. The minimum absolute atomic E-state index is 0.0258. The molecule has 0 unspecified atom stereocenters. The summed E-state index contributed by atoms with van der Waals surface area (Å²) in [6, 6.07) is 9.32. The van der Waals surface area contributed by atoms with Crippen LogP contribution >= 0.6 is 0 Å². The van der Waals surface area contributed by atoms with E-state index in [0.717, 1.165) is 75.8 Å². The Bertz CT molecular complexity index is 886. The molecular weight excluding hydrogens is 410 g/mol. The maximum absolute atomic E-state index is 13.2. The number of rotatable bonds is 6. The number of fused-ring (bicyclic) bond motifs is 2. The average molecular weight is 452 g/mol. The van der Waals surface area contributed by atoms with Gasteiger partial charge in [-0.2, -0.15) is 0 Å². The van der Waals surface area contributed by atoms with Gasteiger partial charge in [-0.3, -0.25) is 9.59 Å². The number of carbonyl (C=O) groups excluding carboxylic acids is 2. The molecule has 5 heteroatoms. The van der Waals surface area contributed by atoms with Crippen molar-refractivity contribution in [1.82, 2.24) is 15.1 Å². The maximum atomic E-state index is 13.2. The molecule has 2 amide bonds. The van der Waals surface area contributed by atoms with Gasteiger partial charge in [0.05, 0.1) is 0 Å². The van der Waals surface area contributed by atoms with Crippen LogP contribution in [-0.2, 0) is 15.0 Å². The van der Waals surface area contributed by atoms with Crippen molar-refractivity contribution in [3.63, 3.8) is 0 Å². The van der Waals surface area contributed by atoms with Gasteiger partial charge in [-0.15, -0.1) is 0 Å². The number of hydrogen-bond acceptors (Lipinski definition) is 3. The molecule has 1 aromatic carbocycles. The van der Waals surface area contributed by atoms with Crippen molar-refractivity contribution in [1.29, 1.82) is 0 Å². The van der Waals surface area contributed by atoms with Crippen LogP contribution < -0.4 is 5.32 Å². The van der Waals surface area contributed by atoms with Crippen molar-refractivity contribution in [3.05, 3.63) is 41.5 Å². The van der Waals surface area contributed by atoms with E-state index in [1.807, 2.05) is 18.7 Å². The Hall–Kier alpha value is -2.14. The molecule has 5 nitrogen and oxygen atoms in total. The first-order valence-electron chi connectivity index (χ1n) is 13.0. The van der Waals surface area contributed by atoms with E-state index in [1.54, 1.807) is 0 Å². The molecule has 0 radical (unpaired) electrons. The van der Waals surface area contributed by atoms with Gasteiger partial charge in [0.1, 0.15) is 0 Å². The fourth-order valence-electron chi connectivity index (χ4n) is 6.05. The predicted octanol–water partition coefficient (Wildman–Crippen LogP) is 4.37. The Morgan fingerprint density at radius 1 is 1.03 bits per heavy atom. The fourth-order valence-corrected chi connectivity index (χ4v) is 6.05. The summed E-state index contributed by atoms with van der Waals surface area (Å²) < 4.78 is 0. The molecule has 1 aliphatic carbocycles. The van der Waals surface area contributed by atoms with Gasteiger partial charge in [0, 0.05) is 42.1 Å². The van der Waals surface area contributed by atoms with Crippen LogP contribution in [0.25, 0.3) is 5.57 Å². The van der Waals surface area contributed by atoms with Crippen LogP contribution in [-0.4, -0.2) is 59.9 Å². The number of benzene rings is 1. The molecule has 1 spiro atoms. The Balaban J connectivity index is 1.43. The van der Waals surface area contributed by atoms with Gasteiger partial charge in [0.15, 0.2) is 0 Å². The van der Waals surface area contributed by atoms with E-state index in [-0.39, 0.29) is 29.2 Å². The lowest BCUT2D eigenvalue weighted by Gasteiger charge is -2.45. The third kappa shape index (κ3) is 4.75. The topological polar surface area (TPSA) is 52.7 Å². The van der Waals surface area contributed by atoms with Gasteiger partial charge in [0.2, 0.25) is 5.91 Å². The number of nitrogens with one attached hydrogen (secondary N) is 1. The molecule has 180 valence electrons. The molecule has 2 heterocycles. The van der Waals surface area contributed by atoms with E-state index < -0.39 is 0 Å². The molecule has 1 aromatic rings. The minimum Gasteiger partial charge on any atom is -0.349 e. The highest BCUT2D eigenvalue weighted by Gasteiger charge is 2.43. The van der Waals surface area contributed by atoms with E-state index in [9.17, 15) is 9.59 Å². The number of nitrogens with zero attached hydrogens (tertiary/aromatic N) is 2.